The Morgan fingerprint density at radius 2 is 2.24 bits per heavy atom. The number of nitro groups is 1. The van der Waals surface area contributed by atoms with Crippen molar-refractivity contribution in [1.82, 2.24) is 10.3 Å². The molecule has 0 bridgehead atoms. The number of hydrogen-bond donors (Lipinski definition) is 1. The number of nitrogens with zero attached hydrogens (tertiary/aromatic N) is 3. The van der Waals surface area contributed by atoms with Crippen LogP contribution in [0.5, 0.6) is 0 Å². The molecule has 0 amide bonds. The molecule has 0 aliphatic carbocycles. The fourth-order valence-electron chi connectivity index (χ4n) is 3.65. The first-order valence-electron chi connectivity index (χ1n) is 7.66. The van der Waals surface area contributed by atoms with Crippen molar-refractivity contribution in [1.29, 1.82) is 0 Å². The molecule has 0 radical (unpaired) electrons. The minimum Gasteiger partial charge on any atom is -0.356 e. The Morgan fingerprint density at radius 1 is 1.43 bits per heavy atom. The van der Waals surface area contributed by atoms with E-state index in [0.29, 0.717) is 11.0 Å². The maximum atomic E-state index is 11.1. The number of aromatic nitrogens is 1. The van der Waals surface area contributed by atoms with Crippen LogP contribution in [0.1, 0.15) is 31.2 Å². The number of rotatable bonds is 2. The van der Waals surface area contributed by atoms with E-state index in [2.05, 4.69) is 15.2 Å². The standard InChI is InChI=1S/C15H22N4O2/c1-12-9-17-14(8-13(12)19(20)21)18-7-3-5-15(11-18)4-2-6-16-10-15/h8-9,16H,2-7,10-11H2,1H3. The van der Waals surface area contributed by atoms with E-state index in [0.717, 1.165) is 38.4 Å². The third kappa shape index (κ3) is 2.85. The molecule has 1 unspecified atom stereocenters. The number of piperidine rings is 2. The summed E-state index contributed by atoms with van der Waals surface area (Å²) in [4.78, 5) is 17.4. The Bertz CT molecular complexity index is 535. The highest BCUT2D eigenvalue weighted by molar-refractivity contribution is 5.51. The second-order valence-corrected chi connectivity index (χ2v) is 6.39. The molecule has 2 aliphatic rings. The van der Waals surface area contributed by atoms with Crippen LogP contribution in [0, 0.1) is 22.5 Å². The average molecular weight is 290 g/mol. The smallest absolute Gasteiger partial charge is 0.277 e. The van der Waals surface area contributed by atoms with Crippen molar-refractivity contribution in [2.24, 2.45) is 5.41 Å². The van der Waals surface area contributed by atoms with E-state index in [4.69, 9.17) is 0 Å². The van der Waals surface area contributed by atoms with Crippen LogP contribution in [0.4, 0.5) is 11.5 Å². The van der Waals surface area contributed by atoms with Gasteiger partial charge in [-0.25, -0.2) is 4.98 Å². The number of aryl methyl sites for hydroxylation is 1. The van der Waals surface area contributed by atoms with Gasteiger partial charge in [0.15, 0.2) is 0 Å². The number of nitrogens with one attached hydrogen (secondary N) is 1. The highest BCUT2D eigenvalue weighted by Crippen LogP contribution is 2.37. The summed E-state index contributed by atoms with van der Waals surface area (Å²) in [5, 5.41) is 14.6. The average Bonchev–Trinajstić information content (AvgIpc) is 2.48. The lowest BCUT2D eigenvalue weighted by molar-refractivity contribution is -0.385. The summed E-state index contributed by atoms with van der Waals surface area (Å²) >= 11 is 0. The van der Waals surface area contributed by atoms with Gasteiger partial charge in [0.05, 0.1) is 11.0 Å². The van der Waals surface area contributed by atoms with Crippen LogP contribution < -0.4 is 10.2 Å². The van der Waals surface area contributed by atoms with Crippen molar-refractivity contribution in [2.75, 3.05) is 31.1 Å². The highest BCUT2D eigenvalue weighted by Gasteiger charge is 2.37. The zero-order valence-corrected chi connectivity index (χ0v) is 12.5. The molecule has 2 aliphatic heterocycles. The maximum Gasteiger partial charge on any atom is 0.277 e. The van der Waals surface area contributed by atoms with Crippen LogP contribution >= 0.6 is 0 Å². The molecule has 0 aromatic carbocycles. The summed E-state index contributed by atoms with van der Waals surface area (Å²) in [7, 11) is 0. The molecule has 1 N–H and O–H groups in total. The van der Waals surface area contributed by atoms with E-state index in [1.165, 1.54) is 19.3 Å². The summed E-state index contributed by atoms with van der Waals surface area (Å²) in [5.74, 6) is 0.747. The molecule has 114 valence electrons. The molecule has 21 heavy (non-hydrogen) atoms. The zero-order valence-electron chi connectivity index (χ0n) is 12.5. The van der Waals surface area contributed by atoms with Gasteiger partial charge in [-0.1, -0.05) is 0 Å². The highest BCUT2D eigenvalue weighted by atomic mass is 16.6. The third-order valence-electron chi connectivity index (χ3n) is 4.80. The molecule has 1 atom stereocenters. The lowest BCUT2D eigenvalue weighted by Crippen LogP contribution is -2.51. The van der Waals surface area contributed by atoms with Crippen molar-refractivity contribution >= 4 is 11.5 Å². The quantitative estimate of drug-likeness (QED) is 0.668. The number of pyridine rings is 1. The SMILES string of the molecule is Cc1cnc(N2CCCC3(CCCNC3)C2)cc1[N+](=O)[O-]. The van der Waals surface area contributed by atoms with Crippen molar-refractivity contribution < 1.29 is 4.92 Å². The predicted molar refractivity (Wildman–Crippen MR) is 81.6 cm³/mol. The maximum absolute atomic E-state index is 11.1. The second-order valence-electron chi connectivity index (χ2n) is 6.39. The van der Waals surface area contributed by atoms with Gasteiger partial charge in [-0.3, -0.25) is 10.1 Å². The lowest BCUT2D eigenvalue weighted by atomic mass is 9.74. The second kappa shape index (κ2) is 5.60. The van der Waals surface area contributed by atoms with Gasteiger partial charge in [0, 0.05) is 36.8 Å². The monoisotopic (exact) mass is 290 g/mol. The third-order valence-corrected chi connectivity index (χ3v) is 4.80. The van der Waals surface area contributed by atoms with Crippen molar-refractivity contribution in [3.05, 3.63) is 27.9 Å². The Balaban J connectivity index is 1.83. The van der Waals surface area contributed by atoms with Gasteiger partial charge in [0.2, 0.25) is 0 Å². The van der Waals surface area contributed by atoms with E-state index in [1.807, 2.05) is 0 Å². The largest absolute Gasteiger partial charge is 0.356 e. The topological polar surface area (TPSA) is 71.3 Å². The number of hydrogen-bond acceptors (Lipinski definition) is 5. The molecule has 3 heterocycles. The summed E-state index contributed by atoms with van der Waals surface area (Å²) in [6, 6.07) is 1.63. The molecule has 2 saturated heterocycles. The molecule has 6 heteroatoms. The first-order valence-corrected chi connectivity index (χ1v) is 7.66. The molecule has 1 aromatic rings. The van der Waals surface area contributed by atoms with E-state index >= 15 is 0 Å². The van der Waals surface area contributed by atoms with Crippen LogP contribution in [0.3, 0.4) is 0 Å². The summed E-state index contributed by atoms with van der Waals surface area (Å²) < 4.78 is 0. The first kappa shape index (κ1) is 14.3. The van der Waals surface area contributed by atoms with Gasteiger partial charge >= 0.3 is 0 Å². The first-order chi connectivity index (χ1) is 10.1. The Morgan fingerprint density at radius 3 is 2.95 bits per heavy atom. The van der Waals surface area contributed by atoms with E-state index in [-0.39, 0.29) is 10.6 Å². The molecule has 2 fully saturated rings. The van der Waals surface area contributed by atoms with E-state index in [9.17, 15) is 10.1 Å². The summed E-state index contributed by atoms with van der Waals surface area (Å²) in [5.41, 5.74) is 1.11. The van der Waals surface area contributed by atoms with Crippen LogP contribution in [0.15, 0.2) is 12.3 Å². The molecular formula is C15H22N4O2. The summed E-state index contributed by atoms with van der Waals surface area (Å²) in [6.45, 7) is 5.79. The fraction of sp³-hybridized carbons (Fsp3) is 0.667. The molecule has 1 aromatic heterocycles. The lowest BCUT2D eigenvalue weighted by Gasteiger charge is -2.45. The summed E-state index contributed by atoms with van der Waals surface area (Å²) in [6.07, 6.45) is 6.45. The van der Waals surface area contributed by atoms with Crippen molar-refractivity contribution in [3.8, 4) is 0 Å². The molecule has 3 rings (SSSR count). The van der Waals surface area contributed by atoms with Gasteiger partial charge in [-0.05, 0) is 39.2 Å². The minimum absolute atomic E-state index is 0.168. The van der Waals surface area contributed by atoms with Crippen LogP contribution in [0.25, 0.3) is 0 Å². The van der Waals surface area contributed by atoms with Gasteiger partial charge in [-0.2, -0.15) is 0 Å². The van der Waals surface area contributed by atoms with Crippen LogP contribution in [-0.2, 0) is 0 Å². The predicted octanol–water partition coefficient (Wildman–Crippen LogP) is 2.27. The van der Waals surface area contributed by atoms with Crippen molar-refractivity contribution in [2.45, 2.75) is 32.6 Å². The normalized spacial score (nSPS) is 26.0. The molecular weight excluding hydrogens is 268 g/mol. The molecule has 0 saturated carbocycles. The van der Waals surface area contributed by atoms with E-state index < -0.39 is 0 Å². The van der Waals surface area contributed by atoms with Gasteiger partial charge in [-0.15, -0.1) is 0 Å². The van der Waals surface area contributed by atoms with Crippen LogP contribution in [-0.4, -0.2) is 36.1 Å². The Labute approximate surface area is 124 Å². The van der Waals surface area contributed by atoms with Crippen LogP contribution in [0.2, 0.25) is 0 Å². The minimum atomic E-state index is -0.317. The van der Waals surface area contributed by atoms with Gasteiger partial charge in [0.1, 0.15) is 5.82 Å². The Kier molecular flexibility index (Phi) is 3.80. The Hall–Kier alpha value is -1.69. The number of anilines is 1. The van der Waals surface area contributed by atoms with E-state index in [1.54, 1.807) is 19.2 Å². The molecule has 6 nitrogen and oxygen atoms in total. The van der Waals surface area contributed by atoms with Crippen molar-refractivity contribution in [3.63, 3.8) is 0 Å². The van der Waals surface area contributed by atoms with Gasteiger partial charge < -0.3 is 10.2 Å². The zero-order chi connectivity index (χ0) is 14.9. The van der Waals surface area contributed by atoms with Gasteiger partial charge in [0.25, 0.3) is 5.69 Å². The molecule has 1 spiro atoms. The fourth-order valence-corrected chi connectivity index (χ4v) is 3.65.